The van der Waals surface area contributed by atoms with Gasteiger partial charge in [-0.1, -0.05) is 32.3 Å². The van der Waals surface area contributed by atoms with Crippen LogP contribution in [-0.4, -0.2) is 56.7 Å². The fourth-order valence-electron chi connectivity index (χ4n) is 5.31. The second kappa shape index (κ2) is 11.1. The summed E-state index contributed by atoms with van der Waals surface area (Å²) in [5.41, 5.74) is 8.38. The molecular formula is C27H36N6O3. The second-order valence-electron chi connectivity index (χ2n) is 9.94. The maximum atomic E-state index is 13.7. The number of rotatable bonds is 7. The molecule has 3 heterocycles. The molecule has 9 heteroatoms. The number of likely N-dealkylation sites (tertiary alicyclic amines) is 1. The van der Waals surface area contributed by atoms with Gasteiger partial charge in [0, 0.05) is 31.2 Å². The Balaban J connectivity index is 1.55. The Labute approximate surface area is 212 Å². The van der Waals surface area contributed by atoms with Crippen molar-refractivity contribution >= 4 is 23.7 Å². The van der Waals surface area contributed by atoms with Crippen molar-refractivity contribution in [1.29, 1.82) is 0 Å². The van der Waals surface area contributed by atoms with Crippen LogP contribution < -0.4 is 11.1 Å². The van der Waals surface area contributed by atoms with Crippen molar-refractivity contribution in [3.05, 3.63) is 53.5 Å². The minimum atomic E-state index is -0.854. The third kappa shape index (κ3) is 5.34. The maximum Gasteiger partial charge on any atom is 0.325 e. The molecule has 192 valence electrons. The SMILES string of the molecule is CC[C@@H](NC(=O)N1C(=O)[C@@H](Cc2ccnc(N)c2)[C@H]1C(=O)N(C)C1CCCCC1)c1ccc(C)nc1. The molecule has 2 aromatic rings. The minimum Gasteiger partial charge on any atom is -0.384 e. The molecule has 1 aliphatic carbocycles. The number of nitrogens with zero attached hydrogens (tertiary/aromatic N) is 4. The largest absolute Gasteiger partial charge is 0.384 e. The lowest BCUT2D eigenvalue weighted by molar-refractivity contribution is -0.162. The highest BCUT2D eigenvalue weighted by atomic mass is 16.2. The molecule has 3 atom stereocenters. The monoisotopic (exact) mass is 492 g/mol. The first kappa shape index (κ1) is 25.6. The van der Waals surface area contributed by atoms with E-state index in [9.17, 15) is 14.4 Å². The second-order valence-corrected chi connectivity index (χ2v) is 9.94. The molecule has 3 N–H and O–H groups in total. The molecule has 1 saturated carbocycles. The van der Waals surface area contributed by atoms with Crippen molar-refractivity contribution in [2.45, 2.75) is 76.9 Å². The van der Waals surface area contributed by atoms with E-state index in [1.165, 1.54) is 6.42 Å². The Kier molecular flexibility index (Phi) is 7.86. The first-order chi connectivity index (χ1) is 17.3. The molecule has 4 amide bonds. The number of hydrogen-bond donors (Lipinski definition) is 2. The third-order valence-corrected chi connectivity index (χ3v) is 7.50. The fourth-order valence-corrected chi connectivity index (χ4v) is 5.31. The molecule has 0 bridgehead atoms. The van der Waals surface area contributed by atoms with Gasteiger partial charge in [-0.25, -0.2) is 9.78 Å². The molecule has 1 saturated heterocycles. The van der Waals surface area contributed by atoms with Crippen LogP contribution in [0.3, 0.4) is 0 Å². The molecule has 2 fully saturated rings. The van der Waals surface area contributed by atoms with Crippen LogP contribution in [0.4, 0.5) is 10.6 Å². The van der Waals surface area contributed by atoms with Gasteiger partial charge in [0.15, 0.2) is 0 Å². The lowest BCUT2D eigenvalue weighted by Gasteiger charge is -2.47. The van der Waals surface area contributed by atoms with E-state index in [4.69, 9.17) is 5.73 Å². The van der Waals surface area contributed by atoms with E-state index in [-0.39, 0.29) is 23.9 Å². The number of carbonyl (C=O) groups is 3. The smallest absolute Gasteiger partial charge is 0.325 e. The summed E-state index contributed by atoms with van der Waals surface area (Å²) >= 11 is 0. The van der Waals surface area contributed by atoms with Gasteiger partial charge in [0.25, 0.3) is 0 Å². The lowest BCUT2D eigenvalue weighted by Crippen LogP contribution is -2.71. The molecular weight excluding hydrogens is 456 g/mol. The predicted molar refractivity (Wildman–Crippen MR) is 137 cm³/mol. The number of carbonyl (C=O) groups excluding carboxylic acids is 3. The highest BCUT2D eigenvalue weighted by Gasteiger charge is 2.55. The number of aryl methyl sites for hydroxylation is 1. The molecule has 0 spiro atoms. The van der Waals surface area contributed by atoms with Crippen LogP contribution in [-0.2, 0) is 16.0 Å². The summed E-state index contributed by atoms with van der Waals surface area (Å²) in [6.07, 6.45) is 9.49. The minimum absolute atomic E-state index is 0.131. The van der Waals surface area contributed by atoms with Crippen molar-refractivity contribution in [2.75, 3.05) is 12.8 Å². The molecule has 36 heavy (non-hydrogen) atoms. The Morgan fingerprint density at radius 2 is 1.94 bits per heavy atom. The zero-order valence-corrected chi connectivity index (χ0v) is 21.3. The highest BCUT2D eigenvalue weighted by Crippen LogP contribution is 2.34. The molecule has 0 aromatic carbocycles. The normalized spacial score (nSPS) is 21.0. The summed E-state index contributed by atoms with van der Waals surface area (Å²) in [4.78, 5) is 51.6. The number of likely N-dealkylation sites (N-methyl/N-ethyl adjacent to an activating group) is 1. The van der Waals surface area contributed by atoms with Crippen LogP contribution in [0.15, 0.2) is 36.7 Å². The molecule has 0 radical (unpaired) electrons. The average Bonchev–Trinajstić information content (AvgIpc) is 2.89. The summed E-state index contributed by atoms with van der Waals surface area (Å²) in [5.74, 6) is -0.810. The zero-order chi connectivity index (χ0) is 25.8. The van der Waals surface area contributed by atoms with Gasteiger partial charge in [0.05, 0.1) is 12.0 Å². The average molecular weight is 493 g/mol. The maximum absolute atomic E-state index is 13.7. The number of nitrogens with one attached hydrogen (secondary N) is 1. The van der Waals surface area contributed by atoms with Crippen molar-refractivity contribution in [3.63, 3.8) is 0 Å². The third-order valence-electron chi connectivity index (χ3n) is 7.50. The predicted octanol–water partition coefficient (Wildman–Crippen LogP) is 3.39. The van der Waals surface area contributed by atoms with Crippen LogP contribution in [0.2, 0.25) is 0 Å². The molecule has 9 nitrogen and oxygen atoms in total. The number of anilines is 1. The molecule has 0 unspecified atom stereocenters. The first-order valence-electron chi connectivity index (χ1n) is 12.8. The number of nitrogens with two attached hydrogens (primary N) is 1. The summed E-state index contributed by atoms with van der Waals surface area (Å²) in [6, 6.07) is 5.72. The van der Waals surface area contributed by atoms with Gasteiger partial charge in [-0.2, -0.15) is 0 Å². The first-order valence-corrected chi connectivity index (χ1v) is 12.8. The lowest BCUT2D eigenvalue weighted by atomic mass is 9.81. The van der Waals surface area contributed by atoms with Crippen molar-refractivity contribution in [3.8, 4) is 0 Å². The van der Waals surface area contributed by atoms with Crippen molar-refractivity contribution in [1.82, 2.24) is 25.1 Å². The van der Waals surface area contributed by atoms with E-state index < -0.39 is 18.0 Å². The van der Waals surface area contributed by atoms with Crippen LogP contribution in [0.1, 0.15) is 68.3 Å². The van der Waals surface area contributed by atoms with Gasteiger partial charge in [0.1, 0.15) is 11.9 Å². The van der Waals surface area contributed by atoms with E-state index in [0.717, 1.165) is 47.4 Å². The van der Waals surface area contributed by atoms with E-state index in [1.807, 2.05) is 26.0 Å². The number of hydrogen-bond acceptors (Lipinski definition) is 6. The van der Waals surface area contributed by atoms with Crippen molar-refractivity contribution in [2.24, 2.45) is 5.92 Å². The van der Waals surface area contributed by atoms with Gasteiger partial charge in [-0.15, -0.1) is 0 Å². The van der Waals surface area contributed by atoms with Gasteiger partial charge in [0.2, 0.25) is 11.8 Å². The summed E-state index contributed by atoms with van der Waals surface area (Å²) in [7, 11) is 1.80. The fraction of sp³-hybridized carbons (Fsp3) is 0.519. The standard InChI is InChI=1S/C27H36N6O3/c1-4-22(19-11-10-17(2)30-16-19)31-27(36)33-24(26(35)32(3)20-8-6-5-7-9-20)21(25(33)34)14-18-12-13-29-23(28)15-18/h10-13,15-16,20-22,24H,4-9,14H2,1-3H3,(H2,28,29)(H,31,36)/t21-,22+,24-/m0/s1. The Morgan fingerprint density at radius 3 is 2.58 bits per heavy atom. The molecule has 1 aliphatic heterocycles. The van der Waals surface area contributed by atoms with E-state index in [1.54, 1.807) is 36.5 Å². The number of aromatic nitrogens is 2. The van der Waals surface area contributed by atoms with Gasteiger partial charge in [-0.05, 0) is 61.9 Å². The highest BCUT2D eigenvalue weighted by molar-refractivity contribution is 6.09. The topological polar surface area (TPSA) is 122 Å². The Hall–Kier alpha value is -3.49. The summed E-state index contributed by atoms with van der Waals surface area (Å²) in [6.45, 7) is 3.86. The van der Waals surface area contributed by atoms with Crippen LogP contribution in [0.25, 0.3) is 0 Å². The Bertz CT molecular complexity index is 1100. The number of nitrogen functional groups attached to an aromatic ring is 1. The van der Waals surface area contributed by atoms with Gasteiger partial charge < -0.3 is 16.0 Å². The molecule has 4 rings (SSSR count). The quantitative estimate of drug-likeness (QED) is 0.572. The zero-order valence-electron chi connectivity index (χ0n) is 21.3. The van der Waals surface area contributed by atoms with Gasteiger partial charge in [-0.3, -0.25) is 19.5 Å². The summed E-state index contributed by atoms with van der Waals surface area (Å²) in [5, 5.41) is 2.96. The molecule has 2 aliphatic rings. The van der Waals surface area contributed by atoms with Crippen LogP contribution in [0.5, 0.6) is 0 Å². The van der Waals surface area contributed by atoms with Crippen molar-refractivity contribution < 1.29 is 14.4 Å². The molecule has 2 aromatic heterocycles. The summed E-state index contributed by atoms with van der Waals surface area (Å²) < 4.78 is 0. The number of imide groups is 1. The number of amides is 4. The van der Waals surface area contributed by atoms with E-state index in [0.29, 0.717) is 18.7 Å². The Morgan fingerprint density at radius 1 is 1.19 bits per heavy atom. The number of urea groups is 1. The number of β-lactam (4-membered cyclic amide) rings is 1. The number of pyridine rings is 2. The van der Waals surface area contributed by atoms with Crippen LogP contribution in [0, 0.1) is 12.8 Å². The van der Waals surface area contributed by atoms with Gasteiger partial charge >= 0.3 is 6.03 Å². The van der Waals surface area contributed by atoms with E-state index >= 15 is 0 Å². The van der Waals surface area contributed by atoms with E-state index in [2.05, 4.69) is 15.3 Å². The van der Waals surface area contributed by atoms with Crippen LogP contribution >= 0.6 is 0 Å².